The Balaban J connectivity index is 1.43. The summed E-state index contributed by atoms with van der Waals surface area (Å²) >= 11 is 0. The third kappa shape index (κ3) is 4.03. The fourth-order valence-corrected chi connectivity index (χ4v) is 3.73. The fourth-order valence-electron chi connectivity index (χ4n) is 3.73. The molecule has 0 unspecified atom stereocenters. The first-order valence-electron chi connectivity index (χ1n) is 9.46. The van der Waals surface area contributed by atoms with Crippen molar-refractivity contribution in [1.29, 1.82) is 0 Å². The van der Waals surface area contributed by atoms with Crippen molar-refractivity contribution in [3.8, 4) is 16.9 Å². The summed E-state index contributed by atoms with van der Waals surface area (Å²) in [5.41, 5.74) is 4.65. The zero-order valence-corrected chi connectivity index (χ0v) is 15.2. The van der Waals surface area contributed by atoms with Crippen LogP contribution in [0, 0.1) is 0 Å². The summed E-state index contributed by atoms with van der Waals surface area (Å²) in [6.45, 7) is 0.0164. The molecule has 3 heteroatoms. The highest BCUT2D eigenvalue weighted by atomic mass is 16.5. The van der Waals surface area contributed by atoms with E-state index in [2.05, 4.69) is 23.5 Å². The van der Waals surface area contributed by atoms with Crippen LogP contribution in [0.3, 0.4) is 0 Å². The van der Waals surface area contributed by atoms with Crippen LogP contribution >= 0.6 is 0 Å². The Bertz CT molecular complexity index is 920. The van der Waals surface area contributed by atoms with E-state index in [0.717, 1.165) is 36.1 Å². The molecule has 0 saturated heterocycles. The summed E-state index contributed by atoms with van der Waals surface area (Å²) in [7, 11) is 0. The van der Waals surface area contributed by atoms with E-state index in [1.165, 1.54) is 11.1 Å². The number of hydrogen-bond donors (Lipinski definition) is 1. The Morgan fingerprint density at radius 3 is 2.56 bits per heavy atom. The monoisotopic (exact) mass is 357 g/mol. The number of rotatable bonds is 5. The first-order chi connectivity index (χ1) is 13.3. The molecule has 1 aliphatic rings. The number of benzene rings is 3. The largest absolute Gasteiger partial charge is 0.483 e. The van der Waals surface area contributed by atoms with Gasteiger partial charge in [0.15, 0.2) is 6.61 Å². The molecule has 0 spiro atoms. The lowest BCUT2D eigenvalue weighted by Gasteiger charge is -2.26. The number of para-hydroxylation sites is 1. The van der Waals surface area contributed by atoms with Gasteiger partial charge < -0.3 is 10.1 Å². The molecule has 27 heavy (non-hydrogen) atoms. The van der Waals surface area contributed by atoms with E-state index >= 15 is 0 Å². The van der Waals surface area contributed by atoms with Gasteiger partial charge in [0.1, 0.15) is 5.75 Å². The van der Waals surface area contributed by atoms with Crippen molar-refractivity contribution in [1.82, 2.24) is 5.32 Å². The molecule has 0 aromatic heterocycles. The third-order valence-electron chi connectivity index (χ3n) is 5.04. The van der Waals surface area contributed by atoms with Gasteiger partial charge >= 0.3 is 0 Å². The molecule has 4 rings (SSSR count). The summed E-state index contributed by atoms with van der Waals surface area (Å²) in [5, 5.41) is 3.14. The van der Waals surface area contributed by atoms with Crippen LogP contribution < -0.4 is 10.1 Å². The minimum atomic E-state index is -0.0837. The van der Waals surface area contributed by atoms with Gasteiger partial charge in [-0.1, -0.05) is 72.8 Å². The van der Waals surface area contributed by atoms with Crippen molar-refractivity contribution in [2.45, 2.75) is 25.3 Å². The number of carbonyl (C=O) groups is 1. The average Bonchev–Trinajstić information content (AvgIpc) is 2.73. The van der Waals surface area contributed by atoms with E-state index in [9.17, 15) is 4.79 Å². The highest BCUT2D eigenvalue weighted by Gasteiger charge is 2.21. The van der Waals surface area contributed by atoms with Crippen LogP contribution in [0.4, 0.5) is 0 Å². The summed E-state index contributed by atoms with van der Waals surface area (Å²) in [4.78, 5) is 12.5. The van der Waals surface area contributed by atoms with Gasteiger partial charge in [-0.3, -0.25) is 4.79 Å². The highest BCUT2D eigenvalue weighted by molar-refractivity contribution is 5.79. The Kier molecular flexibility index (Phi) is 5.20. The number of carbonyl (C=O) groups excluding carboxylic acids is 1. The zero-order chi connectivity index (χ0) is 18.5. The van der Waals surface area contributed by atoms with Crippen molar-refractivity contribution < 1.29 is 9.53 Å². The van der Waals surface area contributed by atoms with Gasteiger partial charge in [0.25, 0.3) is 5.91 Å². The average molecular weight is 357 g/mol. The number of aryl methyl sites for hydroxylation is 1. The van der Waals surface area contributed by atoms with Gasteiger partial charge in [-0.25, -0.2) is 0 Å². The van der Waals surface area contributed by atoms with Crippen LogP contribution in [0.2, 0.25) is 0 Å². The lowest BCUT2D eigenvalue weighted by atomic mass is 9.88. The third-order valence-corrected chi connectivity index (χ3v) is 5.04. The van der Waals surface area contributed by atoms with E-state index < -0.39 is 0 Å². The summed E-state index contributed by atoms with van der Waals surface area (Å²) < 4.78 is 5.87. The van der Waals surface area contributed by atoms with E-state index in [0.29, 0.717) is 0 Å². The van der Waals surface area contributed by atoms with Crippen LogP contribution in [0.1, 0.15) is 30.0 Å². The summed E-state index contributed by atoms with van der Waals surface area (Å²) in [5.74, 6) is 0.641. The quantitative estimate of drug-likeness (QED) is 0.703. The summed E-state index contributed by atoms with van der Waals surface area (Å²) in [6, 6.07) is 26.4. The Morgan fingerprint density at radius 1 is 0.926 bits per heavy atom. The molecule has 1 amide bonds. The number of hydrogen-bond acceptors (Lipinski definition) is 2. The van der Waals surface area contributed by atoms with Gasteiger partial charge in [0.05, 0.1) is 6.04 Å². The first kappa shape index (κ1) is 17.3. The van der Waals surface area contributed by atoms with Crippen molar-refractivity contribution in [3.63, 3.8) is 0 Å². The van der Waals surface area contributed by atoms with Crippen LogP contribution in [0.25, 0.3) is 11.1 Å². The smallest absolute Gasteiger partial charge is 0.258 e. The van der Waals surface area contributed by atoms with Crippen LogP contribution in [-0.4, -0.2) is 12.5 Å². The number of nitrogens with one attached hydrogen (secondary N) is 1. The molecule has 0 bridgehead atoms. The van der Waals surface area contributed by atoms with E-state index in [1.54, 1.807) is 0 Å². The lowest BCUT2D eigenvalue weighted by molar-refractivity contribution is -0.123. The molecule has 136 valence electrons. The van der Waals surface area contributed by atoms with Crippen LogP contribution in [0.15, 0.2) is 78.9 Å². The van der Waals surface area contributed by atoms with Gasteiger partial charge in [0.2, 0.25) is 0 Å². The number of ether oxygens (including phenoxy) is 1. The van der Waals surface area contributed by atoms with Crippen LogP contribution in [-0.2, 0) is 11.2 Å². The SMILES string of the molecule is O=C(COc1ccccc1-c1ccccc1)N[C@@H]1CCCc2ccccc21. The second kappa shape index (κ2) is 8.09. The lowest BCUT2D eigenvalue weighted by Crippen LogP contribution is -2.34. The Hall–Kier alpha value is -3.07. The molecule has 3 aromatic rings. The van der Waals surface area contributed by atoms with Crippen molar-refractivity contribution in [3.05, 3.63) is 90.0 Å². The molecule has 0 heterocycles. The molecule has 0 fully saturated rings. The molecule has 0 saturated carbocycles. The molecule has 3 nitrogen and oxygen atoms in total. The molecule has 1 aliphatic carbocycles. The van der Waals surface area contributed by atoms with E-state index in [4.69, 9.17) is 4.74 Å². The molecule has 1 atom stereocenters. The molecular formula is C24H23NO2. The van der Waals surface area contributed by atoms with Gasteiger partial charge in [0, 0.05) is 5.56 Å². The maximum Gasteiger partial charge on any atom is 0.258 e. The normalized spacial score (nSPS) is 15.6. The molecule has 0 radical (unpaired) electrons. The molecular weight excluding hydrogens is 334 g/mol. The van der Waals surface area contributed by atoms with Crippen LogP contribution in [0.5, 0.6) is 5.75 Å². The van der Waals surface area contributed by atoms with Crippen molar-refractivity contribution in [2.75, 3.05) is 6.61 Å². The predicted octanol–water partition coefficient (Wildman–Crippen LogP) is 4.93. The number of fused-ring (bicyclic) bond motifs is 1. The highest BCUT2D eigenvalue weighted by Crippen LogP contribution is 2.31. The van der Waals surface area contributed by atoms with E-state index in [1.807, 2.05) is 60.7 Å². The number of amides is 1. The van der Waals surface area contributed by atoms with Crippen molar-refractivity contribution in [2.24, 2.45) is 0 Å². The van der Waals surface area contributed by atoms with E-state index in [-0.39, 0.29) is 18.6 Å². The zero-order valence-electron chi connectivity index (χ0n) is 15.2. The van der Waals surface area contributed by atoms with Gasteiger partial charge in [-0.15, -0.1) is 0 Å². The topological polar surface area (TPSA) is 38.3 Å². The van der Waals surface area contributed by atoms with Gasteiger partial charge in [-0.2, -0.15) is 0 Å². The second-order valence-corrected chi connectivity index (χ2v) is 6.86. The standard InChI is InChI=1S/C24H23NO2/c26-24(25-22-15-8-12-18-11-4-5-13-20(18)22)17-27-23-16-7-6-14-21(23)19-9-2-1-3-10-19/h1-7,9-11,13-14,16,22H,8,12,15,17H2,(H,25,26)/t22-/m1/s1. The minimum Gasteiger partial charge on any atom is -0.483 e. The minimum absolute atomic E-state index is 0.0164. The summed E-state index contributed by atoms with van der Waals surface area (Å²) in [6.07, 6.45) is 3.16. The second-order valence-electron chi connectivity index (χ2n) is 6.86. The Morgan fingerprint density at radius 2 is 1.67 bits per heavy atom. The van der Waals surface area contributed by atoms with Crippen molar-refractivity contribution >= 4 is 5.91 Å². The maximum absolute atomic E-state index is 12.5. The first-order valence-corrected chi connectivity index (χ1v) is 9.46. The maximum atomic E-state index is 12.5. The fraction of sp³-hybridized carbons (Fsp3) is 0.208. The Labute approximate surface area is 160 Å². The van der Waals surface area contributed by atoms with Gasteiger partial charge in [-0.05, 0) is 42.0 Å². The molecule has 1 N–H and O–H groups in total. The predicted molar refractivity (Wildman–Crippen MR) is 108 cm³/mol. The molecule has 3 aromatic carbocycles. The molecule has 0 aliphatic heterocycles.